The van der Waals surface area contributed by atoms with Gasteiger partial charge in [0.25, 0.3) is 0 Å². The molecule has 0 aromatic carbocycles. The molecule has 206 valence electrons. The van der Waals surface area contributed by atoms with Crippen LogP contribution in [-0.4, -0.2) is 163 Å². The molecular formula is C20H36O15. The van der Waals surface area contributed by atoms with E-state index in [9.17, 15) is 51.1 Å². The molecule has 0 radical (unpaired) electrons. The summed E-state index contributed by atoms with van der Waals surface area (Å²) in [5.41, 5.74) is 0. The van der Waals surface area contributed by atoms with E-state index in [2.05, 4.69) is 0 Å². The maximum atomic E-state index is 10.7. The number of rotatable bonds is 8. The van der Waals surface area contributed by atoms with Crippen LogP contribution in [0.15, 0.2) is 0 Å². The molecule has 0 aromatic heterocycles. The predicted molar refractivity (Wildman–Crippen MR) is 109 cm³/mol. The SMILES string of the molecule is CCC1OC(CO)C(OC2OC(CO)C(OC3OC(CO)[C@H](O)C(O)C3O)C(O)C2O)C(O)C1O. The van der Waals surface area contributed by atoms with Crippen LogP contribution < -0.4 is 0 Å². The van der Waals surface area contributed by atoms with Gasteiger partial charge in [-0.2, -0.15) is 0 Å². The third kappa shape index (κ3) is 5.79. The van der Waals surface area contributed by atoms with E-state index in [1.807, 2.05) is 0 Å². The molecule has 0 amide bonds. The van der Waals surface area contributed by atoms with Crippen LogP contribution in [0.3, 0.4) is 0 Å². The molecule has 3 saturated heterocycles. The topological polar surface area (TPSA) is 248 Å². The van der Waals surface area contributed by atoms with Gasteiger partial charge in [-0.3, -0.25) is 0 Å². The Morgan fingerprint density at radius 2 is 0.886 bits per heavy atom. The summed E-state index contributed by atoms with van der Waals surface area (Å²) in [6, 6.07) is 0. The van der Waals surface area contributed by atoms with Gasteiger partial charge in [0.05, 0.1) is 25.9 Å². The van der Waals surface area contributed by atoms with Crippen molar-refractivity contribution in [2.75, 3.05) is 19.8 Å². The van der Waals surface area contributed by atoms with E-state index >= 15 is 0 Å². The Labute approximate surface area is 200 Å². The molecular weight excluding hydrogens is 480 g/mol. The summed E-state index contributed by atoms with van der Waals surface area (Å²) in [6.07, 6.45) is -22.2. The van der Waals surface area contributed by atoms with Gasteiger partial charge in [-0.05, 0) is 6.42 Å². The highest BCUT2D eigenvalue weighted by Crippen LogP contribution is 2.32. The fraction of sp³-hybridized carbons (Fsp3) is 1.00. The van der Waals surface area contributed by atoms with Crippen LogP contribution in [0.2, 0.25) is 0 Å². The average molecular weight is 516 g/mol. The van der Waals surface area contributed by atoms with Gasteiger partial charge in [0.15, 0.2) is 12.6 Å². The molecule has 3 heterocycles. The van der Waals surface area contributed by atoms with Gasteiger partial charge in [0, 0.05) is 0 Å². The van der Waals surface area contributed by atoms with Crippen molar-refractivity contribution < 1.29 is 74.7 Å². The molecule has 15 atom stereocenters. The van der Waals surface area contributed by atoms with Crippen molar-refractivity contribution in [3.8, 4) is 0 Å². The Bertz CT molecular complexity index is 650. The van der Waals surface area contributed by atoms with Crippen molar-refractivity contribution >= 4 is 0 Å². The van der Waals surface area contributed by atoms with E-state index in [-0.39, 0.29) is 0 Å². The minimum Gasteiger partial charge on any atom is -0.394 e. The van der Waals surface area contributed by atoms with E-state index in [0.717, 1.165) is 0 Å². The zero-order valence-corrected chi connectivity index (χ0v) is 19.0. The van der Waals surface area contributed by atoms with Gasteiger partial charge in [0.1, 0.15) is 73.2 Å². The monoisotopic (exact) mass is 516 g/mol. The Morgan fingerprint density at radius 3 is 1.37 bits per heavy atom. The van der Waals surface area contributed by atoms with Gasteiger partial charge in [-0.1, -0.05) is 6.92 Å². The quantitative estimate of drug-likeness (QED) is 0.144. The Hall–Kier alpha value is -0.600. The van der Waals surface area contributed by atoms with Crippen LogP contribution >= 0.6 is 0 Å². The first-order valence-electron chi connectivity index (χ1n) is 11.5. The first-order chi connectivity index (χ1) is 16.6. The molecule has 0 saturated carbocycles. The molecule has 10 N–H and O–H groups in total. The van der Waals surface area contributed by atoms with Crippen LogP contribution in [0.1, 0.15) is 13.3 Å². The smallest absolute Gasteiger partial charge is 0.187 e. The number of aliphatic hydroxyl groups excluding tert-OH is 10. The van der Waals surface area contributed by atoms with Crippen LogP contribution in [0.25, 0.3) is 0 Å². The van der Waals surface area contributed by atoms with Crippen molar-refractivity contribution in [1.82, 2.24) is 0 Å². The Balaban J connectivity index is 1.72. The summed E-state index contributed by atoms with van der Waals surface area (Å²) >= 11 is 0. The molecule has 0 aromatic rings. The van der Waals surface area contributed by atoms with Gasteiger partial charge >= 0.3 is 0 Å². The Kier molecular flexibility index (Phi) is 10.2. The van der Waals surface area contributed by atoms with Crippen molar-refractivity contribution in [1.29, 1.82) is 0 Å². The van der Waals surface area contributed by atoms with Crippen molar-refractivity contribution in [3.05, 3.63) is 0 Å². The summed E-state index contributed by atoms with van der Waals surface area (Å²) in [6.45, 7) is -0.386. The lowest BCUT2D eigenvalue weighted by Crippen LogP contribution is -2.66. The molecule has 0 bridgehead atoms. The van der Waals surface area contributed by atoms with E-state index in [4.69, 9.17) is 23.7 Å². The molecule has 15 heteroatoms. The molecule has 3 rings (SSSR count). The standard InChI is InChI=1S/C20H36O15/c1-2-6-10(24)13(27)17(8(4-22)31-6)34-20-16(30)14(28)18(9(5-23)33-20)35-19-15(29)12(26)11(25)7(3-21)32-19/h6-30H,2-5H2,1H3/t6?,7?,8?,9?,10?,11-,12?,13?,14?,15?,16?,17?,18?,19?,20?/m0/s1. The van der Waals surface area contributed by atoms with Gasteiger partial charge in [-0.15, -0.1) is 0 Å². The summed E-state index contributed by atoms with van der Waals surface area (Å²) in [4.78, 5) is 0. The van der Waals surface area contributed by atoms with Crippen molar-refractivity contribution in [2.45, 2.75) is 105 Å². The second-order valence-corrected chi connectivity index (χ2v) is 8.89. The number of ether oxygens (including phenoxy) is 5. The van der Waals surface area contributed by atoms with E-state index < -0.39 is 112 Å². The highest BCUT2D eigenvalue weighted by atomic mass is 16.7. The maximum Gasteiger partial charge on any atom is 0.187 e. The molecule has 3 aliphatic rings. The third-order valence-corrected chi connectivity index (χ3v) is 6.62. The summed E-state index contributed by atoms with van der Waals surface area (Å²) in [5.74, 6) is 0. The minimum absolute atomic E-state index is 0.340. The van der Waals surface area contributed by atoms with Crippen molar-refractivity contribution in [2.24, 2.45) is 0 Å². The first kappa shape index (κ1) is 29.0. The lowest BCUT2D eigenvalue weighted by molar-refractivity contribution is -0.372. The van der Waals surface area contributed by atoms with E-state index in [1.54, 1.807) is 6.92 Å². The molecule has 3 fully saturated rings. The second kappa shape index (κ2) is 12.3. The van der Waals surface area contributed by atoms with E-state index in [0.29, 0.717) is 6.42 Å². The largest absolute Gasteiger partial charge is 0.394 e. The van der Waals surface area contributed by atoms with E-state index in [1.165, 1.54) is 0 Å². The normalized spacial score (nSPS) is 51.3. The van der Waals surface area contributed by atoms with Gasteiger partial charge in [-0.25, -0.2) is 0 Å². The molecule has 0 spiro atoms. The average Bonchev–Trinajstić information content (AvgIpc) is 2.86. The second-order valence-electron chi connectivity index (χ2n) is 8.89. The lowest BCUT2D eigenvalue weighted by Gasteiger charge is -2.48. The van der Waals surface area contributed by atoms with Crippen LogP contribution in [0, 0.1) is 0 Å². The van der Waals surface area contributed by atoms with Gasteiger partial charge in [0.2, 0.25) is 0 Å². The Morgan fingerprint density at radius 1 is 0.486 bits per heavy atom. The fourth-order valence-electron chi connectivity index (χ4n) is 4.49. The summed E-state index contributed by atoms with van der Waals surface area (Å²) < 4.78 is 27.3. The summed E-state index contributed by atoms with van der Waals surface area (Å²) in [5, 5.41) is 101. The molecule has 3 aliphatic heterocycles. The highest BCUT2D eigenvalue weighted by Gasteiger charge is 2.53. The molecule has 15 nitrogen and oxygen atoms in total. The van der Waals surface area contributed by atoms with Gasteiger partial charge < -0.3 is 74.7 Å². The predicted octanol–water partition coefficient (Wildman–Crippen LogP) is -6.11. The molecule has 35 heavy (non-hydrogen) atoms. The first-order valence-corrected chi connectivity index (χ1v) is 11.5. The third-order valence-electron chi connectivity index (χ3n) is 6.62. The fourth-order valence-corrected chi connectivity index (χ4v) is 4.49. The zero-order chi connectivity index (χ0) is 26.0. The van der Waals surface area contributed by atoms with Crippen LogP contribution in [0.5, 0.6) is 0 Å². The summed E-state index contributed by atoms with van der Waals surface area (Å²) in [7, 11) is 0. The molecule has 0 aliphatic carbocycles. The van der Waals surface area contributed by atoms with Crippen LogP contribution in [0.4, 0.5) is 0 Å². The zero-order valence-electron chi connectivity index (χ0n) is 19.0. The minimum atomic E-state index is -1.85. The highest BCUT2D eigenvalue weighted by molar-refractivity contribution is 4.97. The number of hydrogen-bond donors (Lipinski definition) is 10. The number of hydrogen-bond acceptors (Lipinski definition) is 15. The molecule has 14 unspecified atom stereocenters. The lowest BCUT2D eigenvalue weighted by atomic mass is 9.93. The maximum absolute atomic E-state index is 10.7. The van der Waals surface area contributed by atoms with Crippen molar-refractivity contribution in [3.63, 3.8) is 0 Å². The number of aliphatic hydroxyl groups is 10. The van der Waals surface area contributed by atoms with Crippen LogP contribution in [-0.2, 0) is 23.7 Å².